The number of hydrogen-bond acceptors (Lipinski definition) is 6. The number of carbonyl (C=O) groups is 3. The zero-order valence-electron chi connectivity index (χ0n) is 51.9. The van der Waals surface area contributed by atoms with Crippen molar-refractivity contribution in [1.29, 1.82) is 0 Å². The van der Waals surface area contributed by atoms with Gasteiger partial charge in [-0.2, -0.15) is 0 Å². The minimum absolute atomic E-state index is 0.0915. The first-order valence-electron chi connectivity index (χ1n) is 33.4. The van der Waals surface area contributed by atoms with Crippen molar-refractivity contribution in [1.82, 2.24) is 0 Å². The highest BCUT2D eigenvalue weighted by atomic mass is 16.6. The second-order valence-electron chi connectivity index (χ2n) is 22.0. The summed E-state index contributed by atoms with van der Waals surface area (Å²) in [6.45, 7) is 6.50. The average Bonchev–Trinajstić information content (AvgIpc) is 3.45. The van der Waals surface area contributed by atoms with E-state index < -0.39 is 6.10 Å². The van der Waals surface area contributed by atoms with Crippen LogP contribution in [0.25, 0.3) is 0 Å². The maximum atomic E-state index is 12.9. The summed E-state index contributed by atoms with van der Waals surface area (Å²) in [5, 5.41) is 0. The van der Waals surface area contributed by atoms with E-state index in [1.807, 2.05) is 0 Å². The number of hydrogen-bond donors (Lipinski definition) is 0. The molecule has 0 heterocycles. The first kappa shape index (κ1) is 75.1. The van der Waals surface area contributed by atoms with E-state index >= 15 is 0 Å². The largest absolute Gasteiger partial charge is 0.462 e. The van der Waals surface area contributed by atoms with Gasteiger partial charge in [-0.1, -0.05) is 278 Å². The van der Waals surface area contributed by atoms with E-state index in [1.165, 1.54) is 141 Å². The summed E-state index contributed by atoms with van der Waals surface area (Å²) in [5.74, 6) is -0.914. The van der Waals surface area contributed by atoms with E-state index in [0.717, 1.165) is 135 Å². The van der Waals surface area contributed by atoms with Crippen LogP contribution in [-0.2, 0) is 28.6 Å². The molecule has 0 fully saturated rings. The summed E-state index contributed by atoms with van der Waals surface area (Å²) in [6.07, 6.45) is 90.9. The quantitative estimate of drug-likeness (QED) is 0.0261. The highest BCUT2D eigenvalue weighted by Gasteiger charge is 2.19. The predicted molar refractivity (Wildman–Crippen MR) is 343 cm³/mol. The Balaban J connectivity index is 4.41. The standard InChI is InChI=1S/C73H124O6/c1-4-7-10-13-16-19-22-25-28-30-32-34-36-38-40-42-45-48-51-54-57-60-63-66-72(75)78-69-70(68-77-71(74)65-62-59-56-53-50-47-44-27-24-21-18-15-12-9-6-3)79-73(76)67-64-61-58-55-52-49-46-43-41-39-37-35-33-31-29-26-23-20-17-14-11-8-5-2/h9,12,18,21-23,25-27,30-33,36-39,44,70H,4-8,10-11,13-17,19-20,24,28-29,34-35,40-43,45-69H2,1-3H3/b12-9-,21-18-,25-22-,26-23-,32-30-,33-31-,38-36-,39-37-,44-27-. The van der Waals surface area contributed by atoms with Gasteiger partial charge in [0.2, 0.25) is 0 Å². The lowest BCUT2D eigenvalue weighted by Gasteiger charge is -2.18. The first-order valence-corrected chi connectivity index (χ1v) is 33.4. The Morgan fingerprint density at radius 2 is 0.494 bits per heavy atom. The van der Waals surface area contributed by atoms with E-state index in [1.54, 1.807) is 0 Å². The molecule has 0 bridgehead atoms. The molecular weight excluding hydrogens is 973 g/mol. The topological polar surface area (TPSA) is 78.9 Å². The van der Waals surface area contributed by atoms with E-state index in [-0.39, 0.29) is 31.1 Å². The van der Waals surface area contributed by atoms with Gasteiger partial charge in [0.15, 0.2) is 6.10 Å². The van der Waals surface area contributed by atoms with E-state index in [0.29, 0.717) is 19.3 Å². The lowest BCUT2D eigenvalue weighted by Crippen LogP contribution is -2.30. The molecule has 6 nitrogen and oxygen atoms in total. The minimum atomic E-state index is -0.797. The molecule has 0 saturated carbocycles. The third-order valence-electron chi connectivity index (χ3n) is 14.2. The molecule has 79 heavy (non-hydrogen) atoms. The molecule has 6 heteroatoms. The summed E-state index contributed by atoms with van der Waals surface area (Å²) in [6, 6.07) is 0. The van der Waals surface area contributed by atoms with Crippen molar-refractivity contribution in [3.63, 3.8) is 0 Å². The molecule has 452 valence electrons. The summed E-state index contributed by atoms with van der Waals surface area (Å²) < 4.78 is 16.9. The second kappa shape index (κ2) is 66.6. The monoisotopic (exact) mass is 1100 g/mol. The van der Waals surface area contributed by atoms with Crippen LogP contribution in [0.5, 0.6) is 0 Å². The van der Waals surface area contributed by atoms with Gasteiger partial charge in [0.25, 0.3) is 0 Å². The van der Waals surface area contributed by atoms with Gasteiger partial charge in [-0.25, -0.2) is 0 Å². The zero-order chi connectivity index (χ0) is 57.1. The lowest BCUT2D eigenvalue weighted by molar-refractivity contribution is -0.167. The van der Waals surface area contributed by atoms with E-state index in [9.17, 15) is 14.4 Å². The maximum Gasteiger partial charge on any atom is 0.306 e. The SMILES string of the molecule is CC/C=C\C/C=C\C/C=C\CCCCCCCC(=O)OCC(COC(=O)CCCCCCCCCC/C=C\C/C=C\C/C=C\CCCCCCC)OC(=O)CCCCCCCCCC/C=C\C/C=C\C/C=C\CCCCCCC. The molecule has 0 aliphatic heterocycles. The Bertz CT molecular complexity index is 1590. The molecule has 0 aliphatic rings. The van der Waals surface area contributed by atoms with Crippen LogP contribution < -0.4 is 0 Å². The highest BCUT2D eigenvalue weighted by Crippen LogP contribution is 2.16. The van der Waals surface area contributed by atoms with Gasteiger partial charge in [0, 0.05) is 19.3 Å². The van der Waals surface area contributed by atoms with Crippen molar-refractivity contribution >= 4 is 17.9 Å². The number of ether oxygens (including phenoxy) is 3. The van der Waals surface area contributed by atoms with Crippen molar-refractivity contribution in [2.24, 2.45) is 0 Å². The summed E-state index contributed by atoms with van der Waals surface area (Å²) in [7, 11) is 0. The third-order valence-corrected chi connectivity index (χ3v) is 14.2. The second-order valence-corrected chi connectivity index (χ2v) is 22.0. The van der Waals surface area contributed by atoms with Crippen LogP contribution in [0.1, 0.15) is 316 Å². The molecule has 0 amide bonds. The van der Waals surface area contributed by atoms with Gasteiger partial charge < -0.3 is 14.2 Å². The summed E-state index contributed by atoms with van der Waals surface area (Å²) in [4.78, 5) is 38.4. The van der Waals surface area contributed by atoms with Crippen molar-refractivity contribution in [3.05, 3.63) is 109 Å². The molecule has 0 aromatic rings. The molecule has 1 unspecified atom stereocenters. The number of esters is 3. The van der Waals surface area contributed by atoms with Crippen LogP contribution in [0.4, 0.5) is 0 Å². The van der Waals surface area contributed by atoms with Gasteiger partial charge in [-0.05, 0) is 128 Å². The number of rotatable bonds is 60. The fourth-order valence-electron chi connectivity index (χ4n) is 9.24. The highest BCUT2D eigenvalue weighted by molar-refractivity contribution is 5.71. The van der Waals surface area contributed by atoms with Gasteiger partial charge >= 0.3 is 17.9 Å². The number of carbonyl (C=O) groups excluding carboxylic acids is 3. The number of allylic oxidation sites excluding steroid dienone is 18. The van der Waals surface area contributed by atoms with Crippen molar-refractivity contribution in [2.75, 3.05) is 13.2 Å². The van der Waals surface area contributed by atoms with Gasteiger partial charge in [0.1, 0.15) is 13.2 Å². The summed E-state index contributed by atoms with van der Waals surface area (Å²) >= 11 is 0. The fourth-order valence-corrected chi connectivity index (χ4v) is 9.24. The Labute approximate surface area is 489 Å². The molecule has 0 aliphatic carbocycles. The van der Waals surface area contributed by atoms with Gasteiger partial charge in [-0.15, -0.1) is 0 Å². The predicted octanol–water partition coefficient (Wildman–Crippen LogP) is 23.0. The van der Waals surface area contributed by atoms with Crippen LogP contribution in [0.2, 0.25) is 0 Å². The van der Waals surface area contributed by atoms with Gasteiger partial charge in [-0.3, -0.25) is 14.4 Å². The molecule has 1 atom stereocenters. The van der Waals surface area contributed by atoms with E-state index in [4.69, 9.17) is 14.2 Å². The minimum Gasteiger partial charge on any atom is -0.462 e. The van der Waals surface area contributed by atoms with Crippen molar-refractivity contribution in [3.8, 4) is 0 Å². The molecule has 0 spiro atoms. The van der Waals surface area contributed by atoms with Crippen LogP contribution >= 0.6 is 0 Å². The molecule has 0 aromatic heterocycles. The molecular formula is C73H124O6. The van der Waals surface area contributed by atoms with Crippen LogP contribution in [0.3, 0.4) is 0 Å². The first-order chi connectivity index (χ1) is 39.0. The third kappa shape index (κ3) is 64.8. The Kier molecular flexibility index (Phi) is 63.3. The summed E-state index contributed by atoms with van der Waals surface area (Å²) in [5.41, 5.74) is 0. The Hall–Kier alpha value is -3.93. The maximum absolute atomic E-state index is 12.9. The number of unbranched alkanes of at least 4 members (excludes halogenated alkanes) is 31. The molecule has 0 aromatic carbocycles. The van der Waals surface area contributed by atoms with Crippen molar-refractivity contribution < 1.29 is 28.6 Å². The molecule has 0 saturated heterocycles. The smallest absolute Gasteiger partial charge is 0.306 e. The Morgan fingerprint density at radius 3 is 0.772 bits per heavy atom. The van der Waals surface area contributed by atoms with E-state index in [2.05, 4.69) is 130 Å². The lowest BCUT2D eigenvalue weighted by atomic mass is 10.1. The zero-order valence-corrected chi connectivity index (χ0v) is 51.9. The van der Waals surface area contributed by atoms with Crippen LogP contribution in [-0.4, -0.2) is 37.2 Å². The van der Waals surface area contributed by atoms with Crippen LogP contribution in [0, 0.1) is 0 Å². The van der Waals surface area contributed by atoms with Gasteiger partial charge in [0.05, 0.1) is 0 Å². The molecule has 0 rings (SSSR count). The average molecular weight is 1100 g/mol. The normalized spacial score (nSPS) is 12.8. The molecule has 0 N–H and O–H groups in total. The fraction of sp³-hybridized carbons (Fsp3) is 0.712. The van der Waals surface area contributed by atoms with Crippen LogP contribution in [0.15, 0.2) is 109 Å². The van der Waals surface area contributed by atoms with Crippen molar-refractivity contribution in [2.45, 2.75) is 322 Å². The Morgan fingerprint density at radius 1 is 0.266 bits per heavy atom. The molecule has 0 radical (unpaired) electrons.